The zero-order chi connectivity index (χ0) is 12.3. The SMILES string of the molecule is CC(C)(CCC#N)CNC1CN2CCC1CC2. The molecule has 3 heteroatoms. The van der Waals surface area contributed by atoms with Gasteiger partial charge >= 0.3 is 0 Å². The lowest BCUT2D eigenvalue weighted by Gasteiger charge is -2.46. The standard InChI is InChI=1S/C14H25N3/c1-14(2,6-3-7-15)11-16-13-10-17-8-4-12(13)5-9-17/h12-13,16H,3-6,8-11H2,1-2H3. The van der Waals surface area contributed by atoms with E-state index in [-0.39, 0.29) is 5.41 Å². The molecule has 3 saturated heterocycles. The maximum Gasteiger partial charge on any atom is 0.0621 e. The van der Waals surface area contributed by atoms with Gasteiger partial charge in [-0.25, -0.2) is 0 Å². The molecular formula is C14H25N3. The Balaban J connectivity index is 1.76. The van der Waals surface area contributed by atoms with E-state index in [4.69, 9.17) is 5.26 Å². The second-order valence-electron chi connectivity index (χ2n) is 6.45. The maximum absolute atomic E-state index is 8.66. The molecule has 0 aromatic rings. The van der Waals surface area contributed by atoms with Crippen molar-refractivity contribution in [3.05, 3.63) is 0 Å². The molecule has 0 aromatic carbocycles. The van der Waals surface area contributed by atoms with Crippen LogP contribution in [0.4, 0.5) is 0 Å². The Labute approximate surface area is 105 Å². The predicted octanol–water partition coefficient (Wildman–Crippen LogP) is 2.00. The van der Waals surface area contributed by atoms with Crippen LogP contribution in [0.5, 0.6) is 0 Å². The number of rotatable bonds is 5. The van der Waals surface area contributed by atoms with Crippen molar-refractivity contribution in [3.63, 3.8) is 0 Å². The lowest BCUT2D eigenvalue weighted by Crippen LogP contribution is -2.57. The highest BCUT2D eigenvalue weighted by Crippen LogP contribution is 2.28. The minimum absolute atomic E-state index is 0.252. The Morgan fingerprint density at radius 1 is 1.35 bits per heavy atom. The number of fused-ring (bicyclic) bond motifs is 3. The summed E-state index contributed by atoms with van der Waals surface area (Å²) in [5, 5.41) is 12.4. The van der Waals surface area contributed by atoms with Gasteiger partial charge < -0.3 is 10.2 Å². The van der Waals surface area contributed by atoms with Gasteiger partial charge in [0.15, 0.2) is 0 Å². The molecule has 3 aliphatic heterocycles. The summed E-state index contributed by atoms with van der Waals surface area (Å²) in [7, 11) is 0. The summed E-state index contributed by atoms with van der Waals surface area (Å²) in [5.74, 6) is 0.895. The number of nitrogens with one attached hydrogen (secondary N) is 1. The van der Waals surface area contributed by atoms with E-state index in [0.717, 1.165) is 18.9 Å². The first-order valence-electron chi connectivity index (χ1n) is 6.93. The van der Waals surface area contributed by atoms with E-state index in [0.29, 0.717) is 12.5 Å². The summed E-state index contributed by atoms with van der Waals surface area (Å²) in [4.78, 5) is 2.58. The van der Waals surface area contributed by atoms with Crippen LogP contribution in [0.3, 0.4) is 0 Å². The third kappa shape index (κ3) is 3.43. The molecule has 3 heterocycles. The van der Waals surface area contributed by atoms with Gasteiger partial charge in [-0.3, -0.25) is 0 Å². The Morgan fingerprint density at radius 3 is 2.59 bits per heavy atom. The highest BCUT2D eigenvalue weighted by molar-refractivity contribution is 4.92. The van der Waals surface area contributed by atoms with Crippen LogP contribution in [-0.4, -0.2) is 37.1 Å². The van der Waals surface area contributed by atoms with Crippen molar-refractivity contribution in [1.29, 1.82) is 5.26 Å². The van der Waals surface area contributed by atoms with Crippen LogP contribution < -0.4 is 5.32 Å². The minimum Gasteiger partial charge on any atom is -0.312 e. The van der Waals surface area contributed by atoms with E-state index < -0.39 is 0 Å². The molecule has 0 aromatic heterocycles. The third-order valence-corrected chi connectivity index (χ3v) is 4.41. The number of piperidine rings is 3. The van der Waals surface area contributed by atoms with Gasteiger partial charge in [0.2, 0.25) is 0 Å². The van der Waals surface area contributed by atoms with E-state index in [1.54, 1.807) is 0 Å². The topological polar surface area (TPSA) is 39.1 Å². The molecule has 0 spiro atoms. The van der Waals surface area contributed by atoms with Gasteiger partial charge in [0.1, 0.15) is 0 Å². The molecule has 3 rings (SSSR count). The molecule has 96 valence electrons. The Hall–Kier alpha value is -0.590. The van der Waals surface area contributed by atoms with Gasteiger partial charge in [-0.05, 0) is 43.7 Å². The molecule has 17 heavy (non-hydrogen) atoms. The fourth-order valence-electron chi connectivity index (χ4n) is 3.09. The minimum atomic E-state index is 0.252. The van der Waals surface area contributed by atoms with Crippen LogP contribution in [-0.2, 0) is 0 Å². The monoisotopic (exact) mass is 235 g/mol. The van der Waals surface area contributed by atoms with E-state index in [9.17, 15) is 0 Å². The fourth-order valence-corrected chi connectivity index (χ4v) is 3.09. The van der Waals surface area contributed by atoms with Crippen LogP contribution in [0.1, 0.15) is 39.5 Å². The lowest BCUT2D eigenvalue weighted by atomic mass is 9.82. The van der Waals surface area contributed by atoms with Crippen molar-refractivity contribution in [3.8, 4) is 6.07 Å². The van der Waals surface area contributed by atoms with E-state index in [1.807, 2.05) is 0 Å². The number of nitriles is 1. The normalized spacial score (nSPS) is 32.4. The highest BCUT2D eigenvalue weighted by Gasteiger charge is 2.34. The summed E-state index contributed by atoms with van der Waals surface area (Å²) >= 11 is 0. The third-order valence-electron chi connectivity index (χ3n) is 4.41. The molecule has 3 nitrogen and oxygen atoms in total. The second kappa shape index (κ2) is 5.37. The molecule has 0 saturated carbocycles. The molecule has 0 radical (unpaired) electrons. The van der Waals surface area contributed by atoms with E-state index in [1.165, 1.54) is 32.5 Å². The summed E-state index contributed by atoms with van der Waals surface area (Å²) in [6.45, 7) is 9.42. The van der Waals surface area contributed by atoms with Crippen molar-refractivity contribution in [2.24, 2.45) is 11.3 Å². The Kier molecular flexibility index (Phi) is 4.06. The molecule has 0 aliphatic carbocycles. The number of nitrogens with zero attached hydrogens (tertiary/aromatic N) is 2. The summed E-state index contributed by atoms with van der Waals surface area (Å²) < 4.78 is 0. The van der Waals surface area contributed by atoms with Crippen LogP contribution >= 0.6 is 0 Å². The Morgan fingerprint density at radius 2 is 2.06 bits per heavy atom. The van der Waals surface area contributed by atoms with E-state index in [2.05, 4.69) is 30.1 Å². The molecule has 3 fully saturated rings. The van der Waals surface area contributed by atoms with Crippen molar-refractivity contribution in [1.82, 2.24) is 10.2 Å². The van der Waals surface area contributed by atoms with Crippen molar-refractivity contribution >= 4 is 0 Å². The fraction of sp³-hybridized carbons (Fsp3) is 0.929. The number of hydrogen-bond acceptors (Lipinski definition) is 3. The average molecular weight is 235 g/mol. The van der Waals surface area contributed by atoms with Gasteiger partial charge in [-0.15, -0.1) is 0 Å². The number of hydrogen-bond donors (Lipinski definition) is 1. The summed E-state index contributed by atoms with van der Waals surface area (Å²) in [6.07, 6.45) is 4.42. The van der Waals surface area contributed by atoms with Crippen molar-refractivity contribution in [2.75, 3.05) is 26.2 Å². The first-order chi connectivity index (χ1) is 8.11. The molecule has 1 unspecified atom stereocenters. The first-order valence-corrected chi connectivity index (χ1v) is 6.93. The molecule has 3 aliphatic rings. The van der Waals surface area contributed by atoms with Gasteiger partial charge in [0.25, 0.3) is 0 Å². The maximum atomic E-state index is 8.66. The van der Waals surface area contributed by atoms with Gasteiger partial charge in [0.05, 0.1) is 6.07 Å². The average Bonchev–Trinajstić information content (AvgIpc) is 2.36. The molecular weight excluding hydrogens is 210 g/mol. The van der Waals surface area contributed by atoms with Crippen molar-refractivity contribution in [2.45, 2.75) is 45.6 Å². The second-order valence-corrected chi connectivity index (χ2v) is 6.45. The zero-order valence-electron chi connectivity index (χ0n) is 11.2. The quantitative estimate of drug-likeness (QED) is 0.792. The zero-order valence-corrected chi connectivity index (χ0v) is 11.2. The van der Waals surface area contributed by atoms with Crippen LogP contribution in [0.2, 0.25) is 0 Å². The molecule has 1 atom stereocenters. The molecule has 1 N–H and O–H groups in total. The smallest absolute Gasteiger partial charge is 0.0621 e. The summed E-state index contributed by atoms with van der Waals surface area (Å²) in [6, 6.07) is 2.95. The van der Waals surface area contributed by atoms with Crippen LogP contribution in [0.25, 0.3) is 0 Å². The first kappa shape index (κ1) is 12.9. The summed E-state index contributed by atoms with van der Waals surface area (Å²) in [5.41, 5.74) is 0.252. The van der Waals surface area contributed by atoms with Gasteiger partial charge in [-0.2, -0.15) is 5.26 Å². The lowest BCUT2D eigenvalue weighted by molar-refractivity contribution is 0.0672. The highest BCUT2D eigenvalue weighted by atomic mass is 15.2. The van der Waals surface area contributed by atoms with Crippen LogP contribution in [0.15, 0.2) is 0 Å². The predicted molar refractivity (Wildman–Crippen MR) is 69.6 cm³/mol. The van der Waals surface area contributed by atoms with Gasteiger partial charge in [0, 0.05) is 25.6 Å². The van der Waals surface area contributed by atoms with Gasteiger partial charge in [-0.1, -0.05) is 13.8 Å². The largest absolute Gasteiger partial charge is 0.312 e. The van der Waals surface area contributed by atoms with Crippen LogP contribution in [0, 0.1) is 22.7 Å². The van der Waals surface area contributed by atoms with E-state index >= 15 is 0 Å². The van der Waals surface area contributed by atoms with Crippen molar-refractivity contribution < 1.29 is 0 Å². The molecule has 0 amide bonds. The molecule has 2 bridgehead atoms. The Bertz CT molecular complexity index is 284.